The van der Waals surface area contributed by atoms with Gasteiger partial charge in [-0.05, 0) is 23.8 Å². The van der Waals surface area contributed by atoms with Crippen molar-refractivity contribution < 1.29 is 9.53 Å². The minimum absolute atomic E-state index is 0.0455. The van der Waals surface area contributed by atoms with Crippen molar-refractivity contribution in [3.63, 3.8) is 0 Å². The minimum atomic E-state index is -0.990. The molecule has 0 aromatic heterocycles. The molecule has 1 aliphatic heterocycles. The fourth-order valence-corrected chi connectivity index (χ4v) is 2.85. The van der Waals surface area contributed by atoms with Gasteiger partial charge in [0.15, 0.2) is 0 Å². The van der Waals surface area contributed by atoms with Crippen LogP contribution in [0.25, 0.3) is 6.08 Å². The van der Waals surface area contributed by atoms with E-state index in [9.17, 15) is 4.79 Å². The van der Waals surface area contributed by atoms with Gasteiger partial charge in [-0.15, -0.1) is 0 Å². The van der Waals surface area contributed by atoms with Gasteiger partial charge in [-0.1, -0.05) is 48.5 Å². The summed E-state index contributed by atoms with van der Waals surface area (Å²) < 4.78 is 6.06. The number of ether oxygens (including phenoxy) is 1. The van der Waals surface area contributed by atoms with Gasteiger partial charge in [0.25, 0.3) is 0 Å². The van der Waals surface area contributed by atoms with Crippen LogP contribution in [0.1, 0.15) is 16.7 Å². The number of carbonyl (C=O) groups is 1. The Kier molecular flexibility index (Phi) is 2.54. The van der Waals surface area contributed by atoms with Gasteiger partial charge < -0.3 is 4.74 Å². The number of benzene rings is 2. The second-order valence-corrected chi connectivity index (χ2v) is 5.20. The van der Waals surface area contributed by atoms with E-state index in [2.05, 4.69) is 4.99 Å². The van der Waals surface area contributed by atoms with Crippen molar-refractivity contribution >= 4 is 17.8 Å². The summed E-state index contributed by atoms with van der Waals surface area (Å²) in [4.78, 5) is 16.9. The van der Waals surface area contributed by atoms with E-state index in [4.69, 9.17) is 4.74 Å². The van der Waals surface area contributed by atoms with Crippen LogP contribution in [0.4, 0.5) is 0 Å². The van der Waals surface area contributed by atoms with Gasteiger partial charge in [0.05, 0.1) is 6.54 Å². The van der Waals surface area contributed by atoms with Crippen LogP contribution in [-0.2, 0) is 15.1 Å². The van der Waals surface area contributed by atoms with Crippen LogP contribution in [0.2, 0.25) is 0 Å². The number of carbonyl (C=O) groups excluding carboxylic acids is 1. The van der Waals surface area contributed by atoms with Crippen molar-refractivity contribution in [1.29, 1.82) is 0 Å². The fourth-order valence-electron chi connectivity index (χ4n) is 2.85. The molecular formula is C18H13NO2. The lowest BCUT2D eigenvalue weighted by Gasteiger charge is -2.30. The zero-order chi connectivity index (χ0) is 14.3. The Morgan fingerprint density at radius 2 is 1.71 bits per heavy atom. The number of hydrogen-bond donors (Lipinski definition) is 0. The first kappa shape index (κ1) is 12.1. The summed E-state index contributed by atoms with van der Waals surface area (Å²) in [5.41, 5.74) is 1.82. The normalized spacial score (nSPS) is 22.9. The van der Waals surface area contributed by atoms with Crippen LogP contribution in [0, 0.1) is 0 Å². The Morgan fingerprint density at radius 1 is 0.952 bits per heavy atom. The first-order chi connectivity index (χ1) is 10.3. The van der Waals surface area contributed by atoms with Crippen LogP contribution < -0.4 is 0 Å². The fraction of sp³-hybridized carbons (Fsp3) is 0.111. The van der Waals surface area contributed by atoms with Crippen molar-refractivity contribution in [2.75, 3.05) is 6.54 Å². The van der Waals surface area contributed by atoms with Crippen LogP contribution in [0.3, 0.4) is 0 Å². The number of ketones is 1. The number of fused-ring (bicyclic) bond motifs is 2. The van der Waals surface area contributed by atoms with Crippen LogP contribution in [-0.4, -0.2) is 18.2 Å². The Hall–Kier alpha value is -2.68. The minimum Gasteiger partial charge on any atom is -0.455 e. The highest BCUT2D eigenvalue weighted by molar-refractivity contribution is 6.08. The number of aliphatic imine (C=N–C) groups is 1. The third kappa shape index (κ3) is 1.74. The van der Waals surface area contributed by atoms with Crippen LogP contribution >= 0.6 is 0 Å². The van der Waals surface area contributed by atoms with Gasteiger partial charge in [0.2, 0.25) is 17.3 Å². The molecule has 21 heavy (non-hydrogen) atoms. The molecule has 0 bridgehead atoms. The molecule has 1 aliphatic carbocycles. The average Bonchev–Trinajstić information content (AvgIpc) is 2.99. The summed E-state index contributed by atoms with van der Waals surface area (Å²) >= 11 is 0. The molecule has 1 heterocycles. The van der Waals surface area contributed by atoms with Gasteiger partial charge >= 0.3 is 0 Å². The van der Waals surface area contributed by atoms with E-state index >= 15 is 0 Å². The lowest BCUT2D eigenvalue weighted by Crippen LogP contribution is -2.40. The molecule has 0 fully saturated rings. The molecule has 1 unspecified atom stereocenters. The highest BCUT2D eigenvalue weighted by Crippen LogP contribution is 2.38. The van der Waals surface area contributed by atoms with Gasteiger partial charge in [0.1, 0.15) is 0 Å². The second-order valence-electron chi connectivity index (χ2n) is 5.20. The maximum atomic E-state index is 12.5. The molecule has 2 aliphatic rings. The van der Waals surface area contributed by atoms with Crippen molar-refractivity contribution in [2.24, 2.45) is 4.99 Å². The predicted octanol–water partition coefficient (Wildman–Crippen LogP) is 2.95. The number of hydrogen-bond acceptors (Lipinski definition) is 3. The third-order valence-electron chi connectivity index (χ3n) is 3.95. The highest BCUT2D eigenvalue weighted by Gasteiger charge is 2.48. The number of rotatable bonds is 1. The summed E-state index contributed by atoms with van der Waals surface area (Å²) in [6, 6.07) is 17.5. The summed E-state index contributed by atoms with van der Waals surface area (Å²) in [7, 11) is 0. The zero-order valence-electron chi connectivity index (χ0n) is 11.3. The van der Waals surface area contributed by atoms with Gasteiger partial charge in [0, 0.05) is 11.1 Å². The Morgan fingerprint density at radius 3 is 2.57 bits per heavy atom. The highest BCUT2D eigenvalue weighted by atomic mass is 16.5. The van der Waals surface area contributed by atoms with E-state index in [-0.39, 0.29) is 5.78 Å². The summed E-state index contributed by atoms with van der Waals surface area (Å²) in [5.74, 6) is 0.491. The average molecular weight is 275 g/mol. The third-order valence-corrected chi connectivity index (χ3v) is 3.95. The monoisotopic (exact) mass is 275 g/mol. The Labute approximate surface area is 122 Å². The topological polar surface area (TPSA) is 38.7 Å². The van der Waals surface area contributed by atoms with E-state index in [1.807, 2.05) is 60.7 Å². The van der Waals surface area contributed by atoms with E-state index in [1.54, 1.807) is 6.08 Å². The molecule has 1 spiro atoms. The lowest BCUT2D eigenvalue weighted by molar-refractivity contribution is -0.129. The molecule has 0 saturated heterocycles. The first-order valence-electron chi connectivity index (χ1n) is 6.90. The number of nitrogens with zero attached hydrogens (tertiary/aromatic N) is 1. The predicted molar refractivity (Wildman–Crippen MR) is 81.1 cm³/mol. The molecule has 3 heteroatoms. The molecule has 2 aromatic rings. The molecule has 0 amide bonds. The molecule has 2 aromatic carbocycles. The van der Waals surface area contributed by atoms with E-state index in [0.717, 1.165) is 16.7 Å². The van der Waals surface area contributed by atoms with E-state index < -0.39 is 5.60 Å². The van der Waals surface area contributed by atoms with Gasteiger partial charge in [-0.2, -0.15) is 0 Å². The molecular weight excluding hydrogens is 262 g/mol. The van der Waals surface area contributed by atoms with E-state index in [0.29, 0.717) is 12.4 Å². The quantitative estimate of drug-likeness (QED) is 0.802. The molecule has 102 valence electrons. The van der Waals surface area contributed by atoms with Crippen LogP contribution in [0.5, 0.6) is 0 Å². The van der Waals surface area contributed by atoms with E-state index in [1.165, 1.54) is 0 Å². The lowest BCUT2D eigenvalue weighted by atomic mass is 9.82. The zero-order valence-corrected chi connectivity index (χ0v) is 11.3. The first-order valence-corrected chi connectivity index (χ1v) is 6.90. The van der Waals surface area contributed by atoms with Crippen molar-refractivity contribution in [2.45, 2.75) is 5.60 Å². The SMILES string of the molecule is O=C1C=Cc2ccccc2C12CN=C(c1ccccc1)O2. The molecule has 0 N–H and O–H groups in total. The van der Waals surface area contributed by atoms with Gasteiger partial charge in [-0.25, -0.2) is 4.99 Å². The maximum Gasteiger partial charge on any atom is 0.217 e. The standard InChI is InChI=1S/C18H13NO2/c20-16-11-10-13-6-4-5-9-15(13)18(16)12-19-17(21-18)14-7-2-1-3-8-14/h1-11H,12H2. The smallest absolute Gasteiger partial charge is 0.217 e. The summed E-state index contributed by atoms with van der Waals surface area (Å²) in [5, 5.41) is 0. The Balaban J connectivity index is 1.77. The Bertz CT molecular complexity index is 777. The second kappa shape index (κ2) is 4.42. The largest absolute Gasteiger partial charge is 0.455 e. The van der Waals surface area contributed by atoms with Crippen molar-refractivity contribution in [1.82, 2.24) is 0 Å². The molecule has 1 atom stereocenters. The summed E-state index contributed by atoms with van der Waals surface area (Å²) in [6.45, 7) is 0.331. The molecule has 0 radical (unpaired) electrons. The van der Waals surface area contributed by atoms with Crippen LogP contribution in [0.15, 0.2) is 65.7 Å². The van der Waals surface area contributed by atoms with Gasteiger partial charge in [-0.3, -0.25) is 4.79 Å². The molecule has 4 rings (SSSR count). The van der Waals surface area contributed by atoms with Crippen molar-refractivity contribution in [3.05, 3.63) is 77.4 Å². The molecule has 0 saturated carbocycles. The summed E-state index contributed by atoms with van der Waals surface area (Å²) in [6.07, 6.45) is 3.43. The van der Waals surface area contributed by atoms with Crippen molar-refractivity contribution in [3.8, 4) is 0 Å². The maximum absolute atomic E-state index is 12.5. The molecule has 3 nitrogen and oxygen atoms in total.